The van der Waals surface area contributed by atoms with Crippen LogP contribution in [0.5, 0.6) is 0 Å². The number of nitrogens with one attached hydrogen (secondary N) is 1. The minimum Gasteiger partial charge on any atom is -0.469 e. The van der Waals surface area contributed by atoms with E-state index >= 15 is 0 Å². The predicted octanol–water partition coefficient (Wildman–Crippen LogP) is 2.80. The maximum absolute atomic E-state index is 11.2. The lowest BCUT2D eigenvalue weighted by Gasteiger charge is -2.17. The van der Waals surface area contributed by atoms with Crippen LogP contribution in [0, 0.1) is 5.92 Å². The van der Waals surface area contributed by atoms with Crippen molar-refractivity contribution in [2.75, 3.05) is 13.7 Å². The molecule has 0 aliphatic carbocycles. The lowest BCUT2D eigenvalue weighted by molar-refractivity contribution is -0.144. The van der Waals surface area contributed by atoms with E-state index in [9.17, 15) is 4.79 Å². The quantitative estimate of drug-likeness (QED) is 0.823. The molecule has 0 spiro atoms. The van der Waals surface area contributed by atoms with Gasteiger partial charge in [0.25, 0.3) is 0 Å². The summed E-state index contributed by atoms with van der Waals surface area (Å²) in [6.07, 6.45) is 0. The summed E-state index contributed by atoms with van der Waals surface area (Å²) in [7, 11) is 1.40. The monoisotopic (exact) mass is 255 g/mol. The molecule has 4 heteroatoms. The number of carbonyl (C=O) groups is 1. The van der Waals surface area contributed by atoms with E-state index in [-0.39, 0.29) is 17.9 Å². The zero-order valence-corrected chi connectivity index (χ0v) is 11.1. The molecule has 1 rings (SSSR count). The van der Waals surface area contributed by atoms with Crippen LogP contribution in [-0.4, -0.2) is 19.6 Å². The SMILES string of the molecule is COC(=O)C(C)CNC(C)c1cccc(Cl)c1. The fourth-order valence-corrected chi connectivity index (χ4v) is 1.73. The molecule has 2 atom stereocenters. The van der Waals surface area contributed by atoms with Gasteiger partial charge < -0.3 is 10.1 Å². The molecule has 1 N–H and O–H groups in total. The van der Waals surface area contributed by atoms with E-state index in [1.165, 1.54) is 7.11 Å². The number of ether oxygens (including phenoxy) is 1. The molecule has 0 fully saturated rings. The highest BCUT2D eigenvalue weighted by atomic mass is 35.5. The van der Waals surface area contributed by atoms with E-state index in [2.05, 4.69) is 10.1 Å². The fraction of sp³-hybridized carbons (Fsp3) is 0.462. The van der Waals surface area contributed by atoms with E-state index in [0.29, 0.717) is 6.54 Å². The van der Waals surface area contributed by atoms with Crippen LogP contribution < -0.4 is 5.32 Å². The molecule has 0 aliphatic rings. The molecule has 2 unspecified atom stereocenters. The Morgan fingerprint density at radius 1 is 1.47 bits per heavy atom. The molecule has 0 bridgehead atoms. The number of benzene rings is 1. The molecule has 0 saturated heterocycles. The number of esters is 1. The van der Waals surface area contributed by atoms with Crippen LogP contribution in [0.1, 0.15) is 25.5 Å². The number of rotatable bonds is 5. The summed E-state index contributed by atoms with van der Waals surface area (Å²) < 4.78 is 4.67. The minimum atomic E-state index is -0.198. The Balaban J connectivity index is 2.50. The van der Waals surface area contributed by atoms with Crippen LogP contribution in [0.4, 0.5) is 0 Å². The summed E-state index contributed by atoms with van der Waals surface area (Å²) in [6, 6.07) is 7.84. The van der Waals surface area contributed by atoms with Crippen LogP contribution in [-0.2, 0) is 9.53 Å². The van der Waals surface area contributed by atoms with Crippen molar-refractivity contribution in [3.63, 3.8) is 0 Å². The van der Waals surface area contributed by atoms with Crippen LogP contribution in [0.25, 0.3) is 0 Å². The standard InChI is InChI=1S/C13H18ClNO2/c1-9(13(16)17-3)8-15-10(2)11-5-4-6-12(14)7-11/h4-7,9-10,15H,8H2,1-3H3. The Morgan fingerprint density at radius 2 is 2.18 bits per heavy atom. The normalized spacial score (nSPS) is 14.1. The molecule has 0 aromatic heterocycles. The zero-order chi connectivity index (χ0) is 12.8. The van der Waals surface area contributed by atoms with Gasteiger partial charge in [0.15, 0.2) is 0 Å². The second kappa shape index (κ2) is 6.62. The van der Waals surface area contributed by atoms with Gasteiger partial charge in [0.2, 0.25) is 0 Å². The second-order valence-electron chi connectivity index (χ2n) is 4.11. The van der Waals surface area contributed by atoms with Crippen molar-refractivity contribution in [1.29, 1.82) is 0 Å². The summed E-state index contributed by atoms with van der Waals surface area (Å²) in [5.74, 6) is -0.350. The van der Waals surface area contributed by atoms with Gasteiger partial charge in [-0.1, -0.05) is 30.7 Å². The number of methoxy groups -OCH3 is 1. The van der Waals surface area contributed by atoms with Crippen molar-refractivity contribution in [2.24, 2.45) is 5.92 Å². The molecule has 17 heavy (non-hydrogen) atoms. The third kappa shape index (κ3) is 4.36. The van der Waals surface area contributed by atoms with Gasteiger partial charge in [0, 0.05) is 17.6 Å². The average Bonchev–Trinajstić information content (AvgIpc) is 2.34. The first-order valence-electron chi connectivity index (χ1n) is 5.61. The Morgan fingerprint density at radius 3 is 2.76 bits per heavy atom. The lowest BCUT2D eigenvalue weighted by Crippen LogP contribution is -2.29. The van der Waals surface area contributed by atoms with Crippen molar-refractivity contribution in [3.8, 4) is 0 Å². The zero-order valence-electron chi connectivity index (χ0n) is 10.4. The van der Waals surface area contributed by atoms with Gasteiger partial charge in [-0.3, -0.25) is 4.79 Å². The van der Waals surface area contributed by atoms with Gasteiger partial charge in [0.05, 0.1) is 13.0 Å². The molecule has 0 saturated carbocycles. The highest BCUT2D eigenvalue weighted by Crippen LogP contribution is 2.17. The Kier molecular flexibility index (Phi) is 5.45. The predicted molar refractivity (Wildman–Crippen MR) is 69.0 cm³/mol. The first-order chi connectivity index (χ1) is 8.04. The van der Waals surface area contributed by atoms with Crippen molar-refractivity contribution >= 4 is 17.6 Å². The van der Waals surface area contributed by atoms with Gasteiger partial charge in [-0.05, 0) is 24.6 Å². The highest BCUT2D eigenvalue weighted by Gasteiger charge is 2.14. The molecule has 3 nitrogen and oxygen atoms in total. The Labute approximate surface area is 107 Å². The molecule has 1 aromatic rings. The maximum Gasteiger partial charge on any atom is 0.309 e. The van der Waals surface area contributed by atoms with Crippen molar-refractivity contribution in [2.45, 2.75) is 19.9 Å². The largest absolute Gasteiger partial charge is 0.469 e. The lowest BCUT2D eigenvalue weighted by atomic mass is 10.1. The van der Waals surface area contributed by atoms with Crippen molar-refractivity contribution in [1.82, 2.24) is 5.32 Å². The second-order valence-corrected chi connectivity index (χ2v) is 4.55. The van der Waals surface area contributed by atoms with Gasteiger partial charge in [-0.15, -0.1) is 0 Å². The number of hydrogen-bond donors (Lipinski definition) is 1. The van der Waals surface area contributed by atoms with Gasteiger partial charge in [-0.2, -0.15) is 0 Å². The first kappa shape index (κ1) is 14.0. The number of carbonyl (C=O) groups excluding carboxylic acids is 1. The van der Waals surface area contributed by atoms with Gasteiger partial charge in [0.1, 0.15) is 0 Å². The van der Waals surface area contributed by atoms with E-state index in [4.69, 9.17) is 11.6 Å². The topological polar surface area (TPSA) is 38.3 Å². The van der Waals surface area contributed by atoms with Crippen LogP contribution >= 0.6 is 11.6 Å². The summed E-state index contributed by atoms with van der Waals surface area (Å²) in [5, 5.41) is 4.00. The molecule has 0 amide bonds. The summed E-state index contributed by atoms with van der Waals surface area (Å²) in [6.45, 7) is 4.46. The Hall–Kier alpha value is -1.06. The molecular weight excluding hydrogens is 238 g/mol. The first-order valence-corrected chi connectivity index (χ1v) is 5.99. The van der Waals surface area contributed by atoms with Crippen molar-refractivity contribution in [3.05, 3.63) is 34.9 Å². The van der Waals surface area contributed by atoms with Crippen LogP contribution in [0.2, 0.25) is 5.02 Å². The van der Waals surface area contributed by atoms with Gasteiger partial charge in [-0.25, -0.2) is 0 Å². The maximum atomic E-state index is 11.2. The Bertz CT molecular complexity index is 381. The molecule has 94 valence electrons. The molecule has 0 aliphatic heterocycles. The highest BCUT2D eigenvalue weighted by molar-refractivity contribution is 6.30. The minimum absolute atomic E-state index is 0.151. The fourth-order valence-electron chi connectivity index (χ4n) is 1.53. The molecule has 1 aromatic carbocycles. The van der Waals surface area contributed by atoms with E-state index in [1.54, 1.807) is 0 Å². The van der Waals surface area contributed by atoms with Crippen LogP contribution in [0.3, 0.4) is 0 Å². The smallest absolute Gasteiger partial charge is 0.309 e. The molecule has 0 radical (unpaired) electrons. The molecular formula is C13H18ClNO2. The third-order valence-electron chi connectivity index (χ3n) is 2.68. The van der Waals surface area contributed by atoms with Crippen molar-refractivity contribution < 1.29 is 9.53 Å². The summed E-state index contributed by atoms with van der Waals surface area (Å²) in [5.41, 5.74) is 1.11. The third-order valence-corrected chi connectivity index (χ3v) is 2.92. The van der Waals surface area contributed by atoms with Crippen LogP contribution in [0.15, 0.2) is 24.3 Å². The average molecular weight is 256 g/mol. The molecule has 0 heterocycles. The van der Waals surface area contributed by atoms with Gasteiger partial charge >= 0.3 is 5.97 Å². The van der Waals surface area contributed by atoms with E-state index in [0.717, 1.165) is 10.6 Å². The van der Waals surface area contributed by atoms with E-state index in [1.807, 2.05) is 38.1 Å². The number of hydrogen-bond acceptors (Lipinski definition) is 3. The van der Waals surface area contributed by atoms with E-state index < -0.39 is 0 Å². The summed E-state index contributed by atoms with van der Waals surface area (Å²) >= 11 is 5.92. The number of halogens is 1. The summed E-state index contributed by atoms with van der Waals surface area (Å²) in [4.78, 5) is 11.2.